The van der Waals surface area contributed by atoms with Gasteiger partial charge in [-0.25, -0.2) is 13.1 Å². The number of rotatable bonds is 4. The van der Waals surface area contributed by atoms with Crippen LogP contribution in [0.1, 0.15) is 40.0 Å². The third kappa shape index (κ3) is 4.22. The van der Waals surface area contributed by atoms with E-state index in [1.54, 1.807) is 0 Å². The molecule has 1 aliphatic rings. The lowest BCUT2D eigenvalue weighted by molar-refractivity contribution is 0.188. The number of thiophene rings is 1. The van der Waals surface area contributed by atoms with E-state index in [2.05, 4.69) is 41.4 Å². The third-order valence-electron chi connectivity index (χ3n) is 4.22. The molecular weight excluding hydrogens is 394 g/mol. The van der Waals surface area contributed by atoms with Crippen LogP contribution in [0.5, 0.6) is 0 Å². The number of halogens is 2. The summed E-state index contributed by atoms with van der Waals surface area (Å²) in [4.78, 5) is 0. The van der Waals surface area contributed by atoms with Gasteiger partial charge in [-0.3, -0.25) is 0 Å². The lowest BCUT2D eigenvalue weighted by atomic mass is 9.74. The van der Waals surface area contributed by atoms with Gasteiger partial charge in [0.2, 0.25) is 10.0 Å². The zero-order valence-electron chi connectivity index (χ0n) is 12.4. The van der Waals surface area contributed by atoms with Crippen molar-refractivity contribution in [2.24, 2.45) is 17.8 Å². The molecule has 0 spiro atoms. The summed E-state index contributed by atoms with van der Waals surface area (Å²) in [5.74, 6) is 1.44. The van der Waals surface area contributed by atoms with E-state index < -0.39 is 10.0 Å². The summed E-state index contributed by atoms with van der Waals surface area (Å²) in [6.45, 7) is 6.53. The maximum Gasteiger partial charge on any atom is 0.250 e. The van der Waals surface area contributed by atoms with E-state index in [4.69, 9.17) is 11.6 Å². The van der Waals surface area contributed by atoms with Crippen LogP contribution in [0.15, 0.2) is 14.1 Å². The van der Waals surface area contributed by atoms with Gasteiger partial charge >= 0.3 is 0 Å². The molecule has 1 aromatic heterocycles. The lowest BCUT2D eigenvalue weighted by Crippen LogP contribution is -2.45. The molecule has 1 N–H and O–H groups in total. The van der Waals surface area contributed by atoms with Crippen LogP contribution in [-0.4, -0.2) is 14.5 Å². The molecule has 21 heavy (non-hydrogen) atoms. The van der Waals surface area contributed by atoms with Crippen molar-refractivity contribution < 1.29 is 8.42 Å². The molecule has 0 radical (unpaired) electrons. The summed E-state index contributed by atoms with van der Waals surface area (Å²) in [5, 5.41) is 0.442. The molecule has 0 amide bonds. The van der Waals surface area contributed by atoms with Crippen molar-refractivity contribution >= 4 is 48.9 Å². The zero-order chi connectivity index (χ0) is 15.8. The third-order valence-corrected chi connectivity index (χ3v) is 8.65. The van der Waals surface area contributed by atoms with Crippen molar-refractivity contribution in [1.82, 2.24) is 4.72 Å². The summed E-state index contributed by atoms with van der Waals surface area (Å²) in [5.41, 5.74) is 0. The van der Waals surface area contributed by atoms with E-state index in [-0.39, 0.29) is 10.3 Å². The van der Waals surface area contributed by atoms with Crippen molar-refractivity contribution in [3.63, 3.8) is 0 Å². The van der Waals surface area contributed by atoms with Gasteiger partial charge in [0.1, 0.15) is 4.21 Å². The Bertz CT molecular complexity index is 581. The SMILES string of the molecule is CC1CCC(C(C)C)C(NS(=O)(=O)c2cc(Cl)c(Br)s2)C1. The van der Waals surface area contributed by atoms with E-state index in [1.165, 1.54) is 12.5 Å². The summed E-state index contributed by atoms with van der Waals surface area (Å²) < 4.78 is 29.0. The normalized spacial score (nSPS) is 27.2. The van der Waals surface area contributed by atoms with E-state index in [0.717, 1.165) is 24.2 Å². The molecule has 1 fully saturated rings. The van der Waals surface area contributed by atoms with Crippen molar-refractivity contribution in [2.45, 2.75) is 50.3 Å². The van der Waals surface area contributed by atoms with Crippen LogP contribution in [0.3, 0.4) is 0 Å². The second-order valence-corrected chi connectivity index (χ2v) is 11.0. The Hall–Kier alpha value is 0.380. The first-order chi connectivity index (χ1) is 9.70. The molecule has 0 bridgehead atoms. The van der Waals surface area contributed by atoms with E-state index in [1.807, 2.05) is 0 Å². The van der Waals surface area contributed by atoms with Gasteiger partial charge in [-0.15, -0.1) is 11.3 Å². The number of hydrogen-bond acceptors (Lipinski definition) is 3. The van der Waals surface area contributed by atoms with Gasteiger partial charge in [-0.1, -0.05) is 38.8 Å². The van der Waals surface area contributed by atoms with Gasteiger partial charge in [0.05, 0.1) is 8.81 Å². The predicted molar refractivity (Wildman–Crippen MR) is 92.5 cm³/mol. The van der Waals surface area contributed by atoms with Crippen molar-refractivity contribution in [3.05, 3.63) is 14.9 Å². The molecule has 1 aromatic rings. The highest BCUT2D eigenvalue weighted by Gasteiger charge is 2.34. The van der Waals surface area contributed by atoms with Gasteiger partial charge in [-0.05, 0) is 52.6 Å². The zero-order valence-corrected chi connectivity index (χ0v) is 16.4. The summed E-state index contributed by atoms with van der Waals surface area (Å²) in [7, 11) is -3.50. The molecule has 0 aromatic carbocycles. The summed E-state index contributed by atoms with van der Waals surface area (Å²) in [6.07, 6.45) is 3.17. The largest absolute Gasteiger partial charge is 0.250 e. The van der Waals surface area contributed by atoms with Crippen LogP contribution in [0.2, 0.25) is 5.02 Å². The number of hydrogen-bond donors (Lipinski definition) is 1. The maximum absolute atomic E-state index is 12.6. The molecular formula is C14H21BrClNO2S2. The van der Waals surface area contributed by atoms with E-state index in [9.17, 15) is 8.42 Å². The van der Waals surface area contributed by atoms with Gasteiger partial charge in [0.25, 0.3) is 0 Å². The fourth-order valence-corrected chi connectivity index (χ4v) is 6.77. The number of sulfonamides is 1. The standard InChI is InChI=1S/C14H21BrClNO2S2/c1-8(2)10-5-4-9(3)6-12(10)17-21(18,19)13-7-11(16)14(15)20-13/h7-10,12,17H,4-6H2,1-3H3. The van der Waals surface area contributed by atoms with Crippen LogP contribution in [0.25, 0.3) is 0 Å². The molecule has 7 heteroatoms. The highest BCUT2D eigenvalue weighted by molar-refractivity contribution is 9.11. The molecule has 0 saturated heterocycles. The first-order valence-corrected chi connectivity index (χ1v) is 10.6. The second kappa shape index (κ2) is 6.87. The van der Waals surface area contributed by atoms with Crippen molar-refractivity contribution in [2.75, 3.05) is 0 Å². The molecule has 1 aliphatic carbocycles. The Morgan fingerprint density at radius 1 is 1.43 bits per heavy atom. The minimum absolute atomic E-state index is 0.0124. The highest BCUT2D eigenvalue weighted by atomic mass is 79.9. The van der Waals surface area contributed by atoms with Gasteiger partial charge < -0.3 is 0 Å². The summed E-state index contributed by atoms with van der Waals surface area (Å²) >= 11 is 10.4. The van der Waals surface area contributed by atoms with Crippen molar-refractivity contribution in [3.8, 4) is 0 Å². The molecule has 3 atom stereocenters. The highest BCUT2D eigenvalue weighted by Crippen LogP contribution is 2.37. The Morgan fingerprint density at radius 3 is 2.62 bits per heavy atom. The fourth-order valence-electron chi connectivity index (χ4n) is 3.05. The van der Waals surface area contributed by atoms with Gasteiger partial charge in [0, 0.05) is 6.04 Å². The quantitative estimate of drug-likeness (QED) is 0.761. The smallest absolute Gasteiger partial charge is 0.207 e. The number of nitrogens with one attached hydrogen (secondary N) is 1. The van der Waals surface area contributed by atoms with E-state index in [0.29, 0.717) is 26.6 Å². The Morgan fingerprint density at radius 2 is 2.10 bits per heavy atom. The predicted octanol–water partition coefficient (Wildman–Crippen LogP) is 4.90. The molecule has 1 heterocycles. The molecule has 0 aliphatic heterocycles. The van der Waals surface area contributed by atoms with E-state index >= 15 is 0 Å². The molecule has 3 nitrogen and oxygen atoms in total. The summed E-state index contributed by atoms with van der Waals surface area (Å²) in [6, 6.07) is 1.52. The van der Waals surface area contributed by atoms with Crippen LogP contribution in [0.4, 0.5) is 0 Å². The topological polar surface area (TPSA) is 46.2 Å². The molecule has 1 saturated carbocycles. The first kappa shape index (κ1) is 17.7. The first-order valence-electron chi connectivity index (χ1n) is 7.18. The second-order valence-electron chi connectivity index (χ2n) is 6.24. The molecule has 2 rings (SSSR count). The van der Waals surface area contributed by atoms with Gasteiger partial charge in [-0.2, -0.15) is 0 Å². The Labute approximate surface area is 144 Å². The molecule has 3 unspecified atom stereocenters. The van der Waals surface area contributed by atoms with Crippen LogP contribution < -0.4 is 4.72 Å². The fraction of sp³-hybridized carbons (Fsp3) is 0.714. The maximum atomic E-state index is 12.6. The Kier molecular flexibility index (Phi) is 5.80. The van der Waals surface area contributed by atoms with Gasteiger partial charge in [0.15, 0.2) is 0 Å². The van der Waals surface area contributed by atoms with Crippen molar-refractivity contribution in [1.29, 1.82) is 0 Å². The Balaban J connectivity index is 2.21. The van der Waals surface area contributed by atoms with Crippen LogP contribution in [0, 0.1) is 17.8 Å². The molecule has 120 valence electrons. The monoisotopic (exact) mass is 413 g/mol. The minimum atomic E-state index is -3.50. The average Bonchev–Trinajstić information content (AvgIpc) is 2.69. The lowest BCUT2D eigenvalue weighted by Gasteiger charge is -2.37. The van der Waals surface area contributed by atoms with Crippen LogP contribution in [-0.2, 0) is 10.0 Å². The minimum Gasteiger partial charge on any atom is -0.207 e. The van der Waals surface area contributed by atoms with Crippen LogP contribution >= 0.6 is 38.9 Å². The average molecular weight is 415 g/mol.